The van der Waals surface area contributed by atoms with Gasteiger partial charge < -0.3 is 4.74 Å². The molecule has 3 rings (SSSR count). The van der Waals surface area contributed by atoms with Gasteiger partial charge in [0.05, 0.1) is 17.5 Å². The molecule has 0 radical (unpaired) electrons. The minimum atomic E-state index is -0.634. The maximum absolute atomic E-state index is 12.3. The van der Waals surface area contributed by atoms with Crippen LogP contribution in [-0.2, 0) is 9.53 Å². The Labute approximate surface area is 156 Å². The first kappa shape index (κ1) is 18.5. The van der Waals surface area contributed by atoms with Crippen molar-refractivity contribution in [3.63, 3.8) is 0 Å². The van der Waals surface area contributed by atoms with Crippen LogP contribution in [0, 0.1) is 13.8 Å². The van der Waals surface area contributed by atoms with Gasteiger partial charge in [0.1, 0.15) is 0 Å². The van der Waals surface area contributed by atoms with Gasteiger partial charge >= 0.3 is 5.97 Å². The number of ether oxygens (including phenoxy) is 1. The lowest BCUT2D eigenvalue weighted by atomic mass is 9.99. The number of benzene rings is 2. The molecule has 2 aromatic rings. The summed E-state index contributed by atoms with van der Waals surface area (Å²) in [6.45, 7) is 3.28. The molecule has 138 valence electrons. The van der Waals surface area contributed by atoms with E-state index >= 15 is 0 Å². The van der Waals surface area contributed by atoms with Gasteiger partial charge in [-0.3, -0.25) is 19.2 Å². The molecule has 2 aromatic carbocycles. The van der Waals surface area contributed by atoms with Gasteiger partial charge in [0, 0.05) is 12.0 Å². The fourth-order valence-electron chi connectivity index (χ4n) is 2.95. The molecular weight excluding hydrogens is 346 g/mol. The Kier molecular flexibility index (Phi) is 5.16. The van der Waals surface area contributed by atoms with E-state index in [0.717, 1.165) is 16.0 Å². The highest BCUT2D eigenvalue weighted by atomic mass is 16.5. The van der Waals surface area contributed by atoms with Crippen LogP contribution in [0.4, 0.5) is 0 Å². The molecule has 0 spiro atoms. The molecule has 2 amide bonds. The van der Waals surface area contributed by atoms with Crippen molar-refractivity contribution in [2.45, 2.75) is 26.7 Å². The molecule has 0 saturated carbocycles. The van der Waals surface area contributed by atoms with E-state index in [9.17, 15) is 19.2 Å². The number of fused-ring (bicyclic) bond motifs is 1. The van der Waals surface area contributed by atoms with Crippen LogP contribution in [-0.4, -0.2) is 35.2 Å². The summed E-state index contributed by atoms with van der Waals surface area (Å²) in [6.07, 6.45) is -0.110. The van der Waals surface area contributed by atoms with Gasteiger partial charge in [0.2, 0.25) is 0 Å². The highest BCUT2D eigenvalue weighted by molar-refractivity contribution is 6.21. The SMILES string of the molecule is Cc1ccc(C)c(C(=O)CCC(=O)OCN2C(=O)c3ccccc3C2=O)c1. The van der Waals surface area contributed by atoms with Gasteiger partial charge in [-0.25, -0.2) is 4.90 Å². The topological polar surface area (TPSA) is 80.8 Å². The first-order chi connectivity index (χ1) is 12.9. The molecule has 0 aliphatic carbocycles. The Bertz CT molecular complexity index is 912. The van der Waals surface area contributed by atoms with Gasteiger partial charge in [-0.15, -0.1) is 0 Å². The van der Waals surface area contributed by atoms with Crippen LogP contribution >= 0.6 is 0 Å². The van der Waals surface area contributed by atoms with Crippen LogP contribution in [0.5, 0.6) is 0 Å². The second-order valence-electron chi connectivity index (χ2n) is 6.47. The standard InChI is InChI=1S/C21H19NO5/c1-13-7-8-14(2)17(11-13)18(23)9-10-19(24)27-12-22-20(25)15-5-3-4-6-16(15)21(22)26/h3-8,11H,9-10,12H2,1-2H3. The van der Waals surface area contributed by atoms with Crippen molar-refractivity contribution in [3.8, 4) is 0 Å². The number of carbonyl (C=O) groups excluding carboxylic acids is 4. The summed E-state index contributed by atoms with van der Waals surface area (Å²) in [5.74, 6) is -1.76. The lowest BCUT2D eigenvalue weighted by Crippen LogP contribution is -2.33. The molecule has 27 heavy (non-hydrogen) atoms. The van der Waals surface area contributed by atoms with E-state index in [4.69, 9.17) is 4.74 Å². The van der Waals surface area contributed by atoms with Crippen LogP contribution in [0.2, 0.25) is 0 Å². The first-order valence-electron chi connectivity index (χ1n) is 8.60. The fourth-order valence-corrected chi connectivity index (χ4v) is 2.95. The van der Waals surface area contributed by atoms with Crippen molar-refractivity contribution in [2.75, 3.05) is 6.73 Å². The minimum absolute atomic E-state index is 0.00520. The third kappa shape index (κ3) is 3.79. The third-order valence-electron chi connectivity index (χ3n) is 4.48. The van der Waals surface area contributed by atoms with E-state index in [1.165, 1.54) is 0 Å². The van der Waals surface area contributed by atoms with Crippen LogP contribution in [0.3, 0.4) is 0 Å². The van der Waals surface area contributed by atoms with Gasteiger partial charge in [-0.1, -0.05) is 29.8 Å². The number of rotatable bonds is 6. The first-order valence-corrected chi connectivity index (χ1v) is 8.60. The molecule has 0 fully saturated rings. The van der Waals surface area contributed by atoms with Crippen molar-refractivity contribution >= 4 is 23.6 Å². The summed E-state index contributed by atoms with van der Waals surface area (Å²) in [4.78, 5) is 49.5. The largest absolute Gasteiger partial charge is 0.444 e. The Balaban J connectivity index is 1.54. The maximum atomic E-state index is 12.3. The van der Waals surface area contributed by atoms with E-state index in [1.807, 2.05) is 26.0 Å². The van der Waals surface area contributed by atoms with Crippen LogP contribution in [0.1, 0.15) is 55.0 Å². The predicted molar refractivity (Wildman–Crippen MR) is 97.4 cm³/mol. The molecule has 6 nitrogen and oxygen atoms in total. The van der Waals surface area contributed by atoms with E-state index in [2.05, 4.69) is 0 Å². The summed E-state index contributed by atoms with van der Waals surface area (Å²) in [7, 11) is 0. The summed E-state index contributed by atoms with van der Waals surface area (Å²) in [5.41, 5.74) is 3.00. The van der Waals surface area contributed by atoms with Crippen LogP contribution < -0.4 is 0 Å². The average molecular weight is 365 g/mol. The van der Waals surface area contributed by atoms with Gasteiger partial charge in [0.25, 0.3) is 11.8 Å². The second-order valence-corrected chi connectivity index (χ2v) is 6.47. The summed E-state index contributed by atoms with van der Waals surface area (Å²) < 4.78 is 5.03. The minimum Gasteiger partial charge on any atom is -0.444 e. The number of Topliss-reactive ketones (excluding diaryl/α,β-unsaturated/α-hetero) is 1. The zero-order valence-electron chi connectivity index (χ0n) is 15.2. The van der Waals surface area contributed by atoms with E-state index in [1.54, 1.807) is 30.3 Å². The molecule has 0 atom stereocenters. The lowest BCUT2D eigenvalue weighted by Gasteiger charge is -2.14. The number of hydrogen-bond donors (Lipinski definition) is 0. The Morgan fingerprint density at radius 1 is 0.926 bits per heavy atom. The summed E-state index contributed by atoms with van der Waals surface area (Å²) in [6, 6.07) is 12.0. The van der Waals surface area contributed by atoms with Crippen LogP contribution in [0.15, 0.2) is 42.5 Å². The average Bonchev–Trinajstić information content (AvgIpc) is 2.91. The van der Waals surface area contributed by atoms with Crippen molar-refractivity contribution in [3.05, 3.63) is 70.3 Å². The van der Waals surface area contributed by atoms with Crippen LogP contribution in [0.25, 0.3) is 0 Å². The quantitative estimate of drug-likeness (QED) is 0.446. The molecule has 1 aliphatic rings. The number of amides is 2. The molecule has 0 aromatic heterocycles. The zero-order valence-corrected chi connectivity index (χ0v) is 15.2. The predicted octanol–water partition coefficient (Wildman–Crippen LogP) is 3.06. The lowest BCUT2D eigenvalue weighted by molar-refractivity contribution is -0.146. The molecule has 1 heterocycles. The van der Waals surface area contributed by atoms with Gasteiger partial charge in [0.15, 0.2) is 12.5 Å². The third-order valence-corrected chi connectivity index (χ3v) is 4.48. The summed E-state index contributed by atoms with van der Waals surface area (Å²) in [5, 5.41) is 0. The Morgan fingerprint density at radius 3 is 2.19 bits per heavy atom. The molecule has 0 N–H and O–H groups in total. The fraction of sp³-hybridized carbons (Fsp3) is 0.238. The highest BCUT2D eigenvalue weighted by Gasteiger charge is 2.35. The van der Waals surface area contributed by atoms with Crippen molar-refractivity contribution in [1.82, 2.24) is 4.90 Å². The Morgan fingerprint density at radius 2 is 1.56 bits per heavy atom. The van der Waals surface area contributed by atoms with Gasteiger partial charge in [-0.05, 0) is 37.6 Å². The van der Waals surface area contributed by atoms with Crippen molar-refractivity contribution in [2.24, 2.45) is 0 Å². The number of nitrogens with zero attached hydrogens (tertiary/aromatic N) is 1. The number of imide groups is 1. The molecule has 0 unspecified atom stereocenters. The molecular formula is C21H19NO5. The number of hydrogen-bond acceptors (Lipinski definition) is 5. The number of aryl methyl sites for hydroxylation is 2. The normalized spacial score (nSPS) is 12.9. The van der Waals surface area contributed by atoms with Crippen molar-refractivity contribution in [1.29, 1.82) is 0 Å². The van der Waals surface area contributed by atoms with E-state index in [-0.39, 0.29) is 18.6 Å². The summed E-state index contributed by atoms with van der Waals surface area (Å²) >= 11 is 0. The van der Waals surface area contributed by atoms with Gasteiger partial charge in [-0.2, -0.15) is 0 Å². The van der Waals surface area contributed by atoms with Crippen molar-refractivity contribution < 1.29 is 23.9 Å². The maximum Gasteiger partial charge on any atom is 0.307 e. The monoisotopic (exact) mass is 365 g/mol. The van der Waals surface area contributed by atoms with E-state index in [0.29, 0.717) is 16.7 Å². The number of carbonyl (C=O) groups is 4. The Hall–Kier alpha value is -3.28. The number of ketones is 1. The highest BCUT2D eigenvalue weighted by Crippen LogP contribution is 2.22. The number of esters is 1. The molecule has 0 saturated heterocycles. The smallest absolute Gasteiger partial charge is 0.307 e. The second kappa shape index (κ2) is 7.53. The van der Waals surface area contributed by atoms with E-state index < -0.39 is 24.5 Å². The molecule has 6 heteroatoms. The molecule has 0 bridgehead atoms. The zero-order chi connectivity index (χ0) is 19.6. The molecule has 1 aliphatic heterocycles.